The maximum absolute atomic E-state index is 11.4. The number of benzene rings is 1. The van der Waals surface area contributed by atoms with Crippen LogP contribution in [0.2, 0.25) is 0 Å². The van der Waals surface area contributed by atoms with Crippen molar-refractivity contribution in [1.82, 2.24) is 4.98 Å². The zero-order valence-corrected chi connectivity index (χ0v) is 11.7. The Kier molecular flexibility index (Phi) is 3.86. The van der Waals surface area contributed by atoms with Gasteiger partial charge in [-0.25, -0.2) is 4.79 Å². The van der Waals surface area contributed by atoms with E-state index in [-0.39, 0.29) is 5.56 Å². The van der Waals surface area contributed by atoms with Gasteiger partial charge in [0.25, 0.3) is 0 Å². The Morgan fingerprint density at radius 3 is 2.95 bits per heavy atom. The van der Waals surface area contributed by atoms with Crippen LogP contribution in [0.3, 0.4) is 0 Å². The molecule has 108 valence electrons. The van der Waals surface area contributed by atoms with Gasteiger partial charge in [-0.3, -0.25) is 4.98 Å². The lowest BCUT2D eigenvalue weighted by Gasteiger charge is -2.20. The number of nitrogens with one attached hydrogen (secondary N) is 1. The molecule has 4 heteroatoms. The van der Waals surface area contributed by atoms with Crippen LogP contribution in [0.5, 0.6) is 0 Å². The molecule has 0 saturated carbocycles. The second-order valence-electron chi connectivity index (χ2n) is 5.40. The highest BCUT2D eigenvalue weighted by Crippen LogP contribution is 2.27. The summed E-state index contributed by atoms with van der Waals surface area (Å²) in [6.07, 6.45) is 9.16. The first-order chi connectivity index (χ1) is 10.3. The summed E-state index contributed by atoms with van der Waals surface area (Å²) in [4.78, 5) is 15.7. The van der Waals surface area contributed by atoms with Gasteiger partial charge in [-0.05, 0) is 31.2 Å². The van der Waals surface area contributed by atoms with E-state index in [2.05, 4.69) is 22.5 Å². The van der Waals surface area contributed by atoms with Gasteiger partial charge in [0.2, 0.25) is 0 Å². The maximum Gasteiger partial charge on any atom is 0.339 e. The molecule has 1 atom stereocenters. The fourth-order valence-corrected chi connectivity index (χ4v) is 2.78. The largest absolute Gasteiger partial charge is 0.478 e. The van der Waals surface area contributed by atoms with Crippen LogP contribution in [0.15, 0.2) is 42.6 Å². The zero-order chi connectivity index (χ0) is 14.7. The van der Waals surface area contributed by atoms with Crippen molar-refractivity contribution in [3.05, 3.63) is 48.2 Å². The predicted octanol–water partition coefficient (Wildman–Crippen LogP) is 3.70. The van der Waals surface area contributed by atoms with E-state index in [9.17, 15) is 9.90 Å². The van der Waals surface area contributed by atoms with E-state index in [0.717, 1.165) is 36.7 Å². The minimum absolute atomic E-state index is 0.236. The molecule has 0 bridgehead atoms. The Labute approximate surface area is 123 Å². The Morgan fingerprint density at radius 2 is 2.19 bits per heavy atom. The summed E-state index contributed by atoms with van der Waals surface area (Å²) in [6.45, 7) is 0.790. The van der Waals surface area contributed by atoms with Crippen molar-refractivity contribution >= 4 is 22.6 Å². The maximum atomic E-state index is 11.4. The number of carboxylic acids is 1. The van der Waals surface area contributed by atoms with E-state index in [1.165, 1.54) is 6.20 Å². The van der Waals surface area contributed by atoms with Crippen molar-refractivity contribution in [3.63, 3.8) is 0 Å². The Balaban J connectivity index is 1.92. The van der Waals surface area contributed by atoms with Crippen LogP contribution < -0.4 is 5.32 Å². The first-order valence-corrected chi connectivity index (χ1v) is 7.25. The first kappa shape index (κ1) is 13.6. The second-order valence-corrected chi connectivity index (χ2v) is 5.40. The Hall–Kier alpha value is -2.36. The van der Waals surface area contributed by atoms with E-state index in [1.807, 2.05) is 24.3 Å². The van der Waals surface area contributed by atoms with Gasteiger partial charge in [-0.15, -0.1) is 0 Å². The number of hydrogen-bond donors (Lipinski definition) is 2. The summed E-state index contributed by atoms with van der Waals surface area (Å²) in [5, 5.41) is 13.6. The number of anilines is 1. The number of pyridine rings is 1. The van der Waals surface area contributed by atoms with E-state index in [4.69, 9.17) is 0 Å². The van der Waals surface area contributed by atoms with E-state index >= 15 is 0 Å². The molecule has 1 unspecified atom stereocenters. The average Bonchev–Trinajstić information content (AvgIpc) is 2.53. The molecule has 2 aromatic rings. The number of aromatic carboxylic acids is 1. The molecule has 0 aliphatic heterocycles. The monoisotopic (exact) mass is 282 g/mol. The lowest BCUT2D eigenvalue weighted by Crippen LogP contribution is -2.17. The molecule has 1 aliphatic carbocycles. The predicted molar refractivity (Wildman–Crippen MR) is 83.7 cm³/mol. The number of carboxylic acid groups (broad SMARTS) is 1. The highest BCUT2D eigenvalue weighted by molar-refractivity contribution is 6.04. The summed E-state index contributed by atoms with van der Waals surface area (Å²) in [6, 6.07) is 7.63. The van der Waals surface area contributed by atoms with Crippen molar-refractivity contribution < 1.29 is 9.90 Å². The SMILES string of the molecule is O=C(O)c1cnc2ccccc2c1NCC1CC=CCC1. The highest BCUT2D eigenvalue weighted by atomic mass is 16.4. The van der Waals surface area contributed by atoms with Crippen molar-refractivity contribution in [2.24, 2.45) is 5.92 Å². The summed E-state index contributed by atoms with van der Waals surface area (Å²) in [5.41, 5.74) is 1.73. The molecule has 0 radical (unpaired) electrons. The summed E-state index contributed by atoms with van der Waals surface area (Å²) >= 11 is 0. The normalized spacial score (nSPS) is 17.8. The number of para-hydroxylation sites is 1. The van der Waals surface area contributed by atoms with Gasteiger partial charge in [-0.1, -0.05) is 30.4 Å². The van der Waals surface area contributed by atoms with Crippen LogP contribution in [0.25, 0.3) is 10.9 Å². The number of carbonyl (C=O) groups is 1. The fourth-order valence-electron chi connectivity index (χ4n) is 2.78. The number of fused-ring (bicyclic) bond motifs is 1. The van der Waals surface area contributed by atoms with Crippen LogP contribution in [0.1, 0.15) is 29.6 Å². The minimum atomic E-state index is -0.945. The third-order valence-electron chi connectivity index (χ3n) is 3.95. The van der Waals surface area contributed by atoms with Crippen LogP contribution >= 0.6 is 0 Å². The molecule has 0 amide bonds. The Bertz CT molecular complexity index is 694. The van der Waals surface area contributed by atoms with Crippen molar-refractivity contribution in [1.29, 1.82) is 0 Å². The standard InChI is InChI=1S/C17H18N2O2/c20-17(21)14-11-18-15-9-5-4-8-13(15)16(14)19-10-12-6-2-1-3-7-12/h1-2,4-5,8-9,11-12H,3,6-7,10H2,(H,18,19)(H,20,21). The van der Waals surface area contributed by atoms with E-state index in [1.54, 1.807) is 0 Å². The first-order valence-electron chi connectivity index (χ1n) is 7.25. The average molecular weight is 282 g/mol. The lowest BCUT2D eigenvalue weighted by molar-refractivity contribution is 0.0697. The molecule has 0 fully saturated rings. The van der Waals surface area contributed by atoms with E-state index < -0.39 is 5.97 Å². The molecule has 1 heterocycles. The lowest BCUT2D eigenvalue weighted by atomic mass is 9.94. The van der Waals surface area contributed by atoms with E-state index in [0.29, 0.717) is 11.6 Å². The topological polar surface area (TPSA) is 62.2 Å². The number of aromatic nitrogens is 1. The third kappa shape index (κ3) is 2.89. The Morgan fingerprint density at radius 1 is 1.33 bits per heavy atom. The number of nitrogens with zero attached hydrogens (tertiary/aromatic N) is 1. The summed E-state index contributed by atoms with van der Waals surface area (Å²) in [5.74, 6) is -0.386. The van der Waals surface area contributed by atoms with Crippen LogP contribution in [0.4, 0.5) is 5.69 Å². The molecule has 1 aliphatic rings. The highest BCUT2D eigenvalue weighted by Gasteiger charge is 2.16. The molecule has 2 N–H and O–H groups in total. The summed E-state index contributed by atoms with van der Waals surface area (Å²) in [7, 11) is 0. The van der Waals surface area contributed by atoms with Gasteiger partial charge in [-0.2, -0.15) is 0 Å². The molecule has 21 heavy (non-hydrogen) atoms. The molecule has 0 saturated heterocycles. The van der Waals surface area contributed by atoms with Crippen molar-refractivity contribution in [2.45, 2.75) is 19.3 Å². The van der Waals surface area contributed by atoms with Crippen LogP contribution in [-0.4, -0.2) is 22.6 Å². The molecule has 0 spiro atoms. The smallest absolute Gasteiger partial charge is 0.339 e. The van der Waals surface area contributed by atoms with Crippen molar-refractivity contribution in [3.8, 4) is 0 Å². The fraction of sp³-hybridized carbons (Fsp3) is 0.294. The van der Waals surface area contributed by atoms with Crippen LogP contribution in [0, 0.1) is 5.92 Å². The molecule has 1 aromatic carbocycles. The van der Waals surface area contributed by atoms with Gasteiger partial charge < -0.3 is 10.4 Å². The third-order valence-corrected chi connectivity index (χ3v) is 3.95. The number of rotatable bonds is 4. The van der Waals surface area contributed by atoms with Gasteiger partial charge in [0.1, 0.15) is 5.56 Å². The van der Waals surface area contributed by atoms with Gasteiger partial charge in [0.05, 0.1) is 11.2 Å². The number of hydrogen-bond acceptors (Lipinski definition) is 3. The molecule has 4 nitrogen and oxygen atoms in total. The van der Waals surface area contributed by atoms with Crippen molar-refractivity contribution in [2.75, 3.05) is 11.9 Å². The van der Waals surface area contributed by atoms with Gasteiger partial charge in [0, 0.05) is 18.1 Å². The van der Waals surface area contributed by atoms with Gasteiger partial charge in [0.15, 0.2) is 0 Å². The molecular formula is C17H18N2O2. The summed E-state index contributed by atoms with van der Waals surface area (Å²) < 4.78 is 0. The van der Waals surface area contributed by atoms with Crippen LogP contribution in [-0.2, 0) is 0 Å². The van der Waals surface area contributed by atoms with Gasteiger partial charge >= 0.3 is 5.97 Å². The quantitative estimate of drug-likeness (QED) is 0.839. The molecular weight excluding hydrogens is 264 g/mol. The second kappa shape index (κ2) is 5.95. The number of allylic oxidation sites excluding steroid dienone is 2. The zero-order valence-electron chi connectivity index (χ0n) is 11.7. The molecule has 3 rings (SSSR count). The molecule has 1 aromatic heterocycles. The minimum Gasteiger partial charge on any atom is -0.478 e.